The summed E-state index contributed by atoms with van der Waals surface area (Å²) in [6.07, 6.45) is 5.07. The monoisotopic (exact) mass is 258 g/mol. The Labute approximate surface area is 113 Å². The molecule has 2 aromatic rings. The largest absolute Gasteiger partial charge is 0.437 e. The molecule has 100 valence electrons. The van der Waals surface area contributed by atoms with Gasteiger partial charge in [0.15, 0.2) is 0 Å². The van der Waals surface area contributed by atoms with Crippen molar-refractivity contribution < 1.29 is 4.74 Å². The summed E-state index contributed by atoms with van der Waals surface area (Å²) in [6.45, 7) is 4.06. The molecule has 5 nitrogen and oxygen atoms in total. The molecule has 2 heterocycles. The summed E-state index contributed by atoms with van der Waals surface area (Å²) in [6, 6.07) is 3.80. The van der Waals surface area contributed by atoms with Crippen molar-refractivity contribution in [3.05, 3.63) is 35.9 Å². The van der Waals surface area contributed by atoms with E-state index >= 15 is 0 Å². The van der Waals surface area contributed by atoms with Crippen molar-refractivity contribution in [3.63, 3.8) is 0 Å². The van der Waals surface area contributed by atoms with Crippen molar-refractivity contribution in [2.75, 3.05) is 12.4 Å². The smallest absolute Gasteiger partial charge is 0.227 e. The summed E-state index contributed by atoms with van der Waals surface area (Å²) in [5.74, 6) is 2.09. The Balaban J connectivity index is 2.30. The molecule has 0 saturated heterocycles. The van der Waals surface area contributed by atoms with Crippen molar-refractivity contribution >= 4 is 5.82 Å². The van der Waals surface area contributed by atoms with E-state index in [0.29, 0.717) is 11.6 Å². The minimum absolute atomic E-state index is 0.590. The first-order valence-corrected chi connectivity index (χ1v) is 6.36. The van der Waals surface area contributed by atoms with Gasteiger partial charge in [0.25, 0.3) is 0 Å². The maximum Gasteiger partial charge on any atom is 0.227 e. The van der Waals surface area contributed by atoms with Crippen LogP contribution in [0, 0.1) is 6.92 Å². The molecule has 0 unspecified atom stereocenters. The zero-order valence-electron chi connectivity index (χ0n) is 11.5. The van der Waals surface area contributed by atoms with Crippen LogP contribution in [0.5, 0.6) is 11.6 Å². The zero-order valence-corrected chi connectivity index (χ0v) is 11.5. The lowest BCUT2D eigenvalue weighted by molar-refractivity contribution is 0.452. The normalized spacial score (nSPS) is 10.3. The van der Waals surface area contributed by atoms with Gasteiger partial charge < -0.3 is 10.1 Å². The van der Waals surface area contributed by atoms with Crippen LogP contribution in [0.2, 0.25) is 0 Å². The van der Waals surface area contributed by atoms with Crippen molar-refractivity contribution in [2.45, 2.75) is 26.7 Å². The zero-order chi connectivity index (χ0) is 13.7. The Kier molecular flexibility index (Phi) is 4.28. The van der Waals surface area contributed by atoms with Gasteiger partial charge in [-0.25, -0.2) is 9.97 Å². The van der Waals surface area contributed by atoms with Gasteiger partial charge >= 0.3 is 0 Å². The predicted octanol–water partition coefficient (Wildman–Crippen LogP) is 2.97. The maximum atomic E-state index is 5.81. The number of hydrogen-bond acceptors (Lipinski definition) is 5. The van der Waals surface area contributed by atoms with Crippen LogP contribution in [0.4, 0.5) is 5.82 Å². The number of hydrogen-bond donors (Lipinski definition) is 1. The highest BCUT2D eigenvalue weighted by atomic mass is 16.5. The van der Waals surface area contributed by atoms with Crippen LogP contribution in [0.3, 0.4) is 0 Å². The number of ether oxygens (including phenoxy) is 1. The highest BCUT2D eigenvalue weighted by Gasteiger charge is 2.11. The van der Waals surface area contributed by atoms with Crippen LogP contribution in [0.25, 0.3) is 0 Å². The Morgan fingerprint density at radius 3 is 2.68 bits per heavy atom. The van der Waals surface area contributed by atoms with E-state index in [-0.39, 0.29) is 0 Å². The van der Waals surface area contributed by atoms with Crippen LogP contribution >= 0.6 is 0 Å². The average Bonchev–Trinajstić information content (AvgIpc) is 2.43. The van der Waals surface area contributed by atoms with Crippen molar-refractivity contribution in [1.29, 1.82) is 0 Å². The number of aromatic nitrogens is 3. The molecule has 0 aliphatic carbocycles. The van der Waals surface area contributed by atoms with E-state index in [0.717, 1.165) is 29.9 Å². The second kappa shape index (κ2) is 6.13. The maximum absolute atomic E-state index is 5.81. The first-order chi connectivity index (χ1) is 9.24. The van der Waals surface area contributed by atoms with Gasteiger partial charge in [-0.1, -0.05) is 13.3 Å². The summed E-state index contributed by atoms with van der Waals surface area (Å²) >= 11 is 0. The Morgan fingerprint density at radius 1 is 1.21 bits per heavy atom. The van der Waals surface area contributed by atoms with E-state index < -0.39 is 0 Å². The van der Waals surface area contributed by atoms with E-state index in [4.69, 9.17) is 4.74 Å². The van der Waals surface area contributed by atoms with Gasteiger partial charge in [0.05, 0.1) is 11.8 Å². The molecule has 0 bridgehead atoms. The van der Waals surface area contributed by atoms with Crippen LogP contribution in [0.1, 0.15) is 24.6 Å². The standard InChI is InChI=1S/C14H18N4O/c1-4-5-12-13(15-3)17-9-18-14(12)19-11-7-6-10(2)16-8-11/h6-9H,4-5H2,1-3H3,(H,15,17,18). The molecular weight excluding hydrogens is 240 g/mol. The molecule has 0 aromatic carbocycles. The minimum Gasteiger partial charge on any atom is -0.437 e. The van der Waals surface area contributed by atoms with Gasteiger partial charge in [-0.15, -0.1) is 0 Å². The van der Waals surface area contributed by atoms with E-state index in [2.05, 4.69) is 27.2 Å². The minimum atomic E-state index is 0.590. The van der Waals surface area contributed by atoms with Crippen LogP contribution in [0.15, 0.2) is 24.7 Å². The molecule has 0 spiro atoms. The SMILES string of the molecule is CCCc1c(NC)ncnc1Oc1ccc(C)nc1. The first kappa shape index (κ1) is 13.3. The van der Waals surface area contributed by atoms with E-state index in [1.807, 2.05) is 26.1 Å². The molecule has 2 aromatic heterocycles. The predicted molar refractivity (Wildman–Crippen MR) is 74.6 cm³/mol. The molecule has 0 aliphatic rings. The fourth-order valence-corrected chi connectivity index (χ4v) is 1.80. The number of nitrogens with one attached hydrogen (secondary N) is 1. The summed E-state index contributed by atoms with van der Waals surface area (Å²) in [5, 5.41) is 3.07. The van der Waals surface area contributed by atoms with E-state index in [1.54, 1.807) is 6.20 Å². The molecule has 19 heavy (non-hydrogen) atoms. The van der Waals surface area contributed by atoms with Gasteiger partial charge in [-0.2, -0.15) is 0 Å². The Morgan fingerprint density at radius 2 is 2.05 bits per heavy atom. The number of anilines is 1. The summed E-state index contributed by atoms with van der Waals surface area (Å²) in [7, 11) is 1.85. The molecule has 0 fully saturated rings. The first-order valence-electron chi connectivity index (χ1n) is 6.36. The number of pyridine rings is 1. The fraction of sp³-hybridized carbons (Fsp3) is 0.357. The van der Waals surface area contributed by atoms with Crippen LogP contribution in [-0.4, -0.2) is 22.0 Å². The lowest BCUT2D eigenvalue weighted by Gasteiger charge is -2.12. The van der Waals surface area contributed by atoms with Crippen LogP contribution in [-0.2, 0) is 6.42 Å². The van der Waals surface area contributed by atoms with Crippen molar-refractivity contribution in [2.24, 2.45) is 0 Å². The lowest BCUT2D eigenvalue weighted by Crippen LogP contribution is -2.03. The quantitative estimate of drug-likeness (QED) is 0.893. The third-order valence-electron chi connectivity index (χ3n) is 2.74. The van der Waals surface area contributed by atoms with Gasteiger partial charge in [0, 0.05) is 12.7 Å². The van der Waals surface area contributed by atoms with Crippen LogP contribution < -0.4 is 10.1 Å². The third kappa shape index (κ3) is 3.19. The Bertz CT molecular complexity index is 540. The summed E-state index contributed by atoms with van der Waals surface area (Å²) in [5.41, 5.74) is 1.95. The molecule has 0 atom stereocenters. The molecule has 0 amide bonds. The third-order valence-corrected chi connectivity index (χ3v) is 2.74. The molecule has 5 heteroatoms. The topological polar surface area (TPSA) is 59.9 Å². The number of nitrogens with zero attached hydrogens (tertiary/aromatic N) is 3. The van der Waals surface area contributed by atoms with Crippen molar-refractivity contribution in [3.8, 4) is 11.6 Å². The van der Waals surface area contributed by atoms with Gasteiger partial charge in [-0.3, -0.25) is 4.98 Å². The molecule has 0 radical (unpaired) electrons. The van der Waals surface area contributed by atoms with Crippen molar-refractivity contribution in [1.82, 2.24) is 15.0 Å². The summed E-state index contributed by atoms with van der Waals surface area (Å²) < 4.78 is 5.81. The molecule has 2 rings (SSSR count). The average molecular weight is 258 g/mol. The Hall–Kier alpha value is -2.17. The summed E-state index contributed by atoms with van der Waals surface area (Å²) in [4.78, 5) is 12.6. The molecule has 0 aliphatic heterocycles. The fourth-order valence-electron chi connectivity index (χ4n) is 1.80. The highest BCUT2D eigenvalue weighted by Crippen LogP contribution is 2.27. The van der Waals surface area contributed by atoms with E-state index in [1.165, 1.54) is 6.33 Å². The second-order valence-corrected chi connectivity index (χ2v) is 4.24. The molecular formula is C14H18N4O. The second-order valence-electron chi connectivity index (χ2n) is 4.24. The molecule has 1 N–H and O–H groups in total. The number of aryl methyl sites for hydroxylation is 1. The van der Waals surface area contributed by atoms with Gasteiger partial charge in [0.1, 0.15) is 17.9 Å². The number of rotatable bonds is 5. The van der Waals surface area contributed by atoms with E-state index in [9.17, 15) is 0 Å². The highest BCUT2D eigenvalue weighted by molar-refractivity contribution is 5.49. The molecule has 0 saturated carbocycles. The van der Waals surface area contributed by atoms with Gasteiger partial charge in [-0.05, 0) is 25.5 Å². The van der Waals surface area contributed by atoms with Gasteiger partial charge in [0.2, 0.25) is 5.88 Å². The lowest BCUT2D eigenvalue weighted by atomic mass is 10.2.